The second-order valence-corrected chi connectivity index (χ2v) is 5.30. The minimum absolute atomic E-state index is 0.0431. The van der Waals surface area contributed by atoms with Gasteiger partial charge in [0.05, 0.1) is 13.2 Å². The number of allylic oxidation sites excluding steroid dienone is 1. The van der Waals surface area contributed by atoms with Gasteiger partial charge in [0, 0.05) is 12.7 Å². The lowest BCUT2D eigenvalue weighted by atomic mass is 10.1. The van der Waals surface area contributed by atoms with Gasteiger partial charge in [-0.1, -0.05) is 35.9 Å². The molecule has 0 aromatic heterocycles. The number of carbonyl (C=O) groups excluding carboxylic acids is 1. The van der Waals surface area contributed by atoms with Crippen LogP contribution in [0.1, 0.15) is 21.5 Å². The molecule has 0 spiro atoms. The average Bonchev–Trinajstić information content (AvgIpc) is 2.61. The Morgan fingerprint density at radius 3 is 2.38 bits per heavy atom. The summed E-state index contributed by atoms with van der Waals surface area (Å²) >= 11 is 0. The van der Waals surface area contributed by atoms with Crippen molar-refractivity contribution in [3.63, 3.8) is 0 Å². The minimum Gasteiger partial charge on any atom is -0.468 e. The minimum atomic E-state index is -0.0431. The second kappa shape index (κ2) is 9.65. The number of aryl methyl sites for hydroxylation is 1. The van der Waals surface area contributed by atoms with Crippen molar-refractivity contribution in [1.29, 1.82) is 0 Å². The van der Waals surface area contributed by atoms with Crippen molar-refractivity contribution in [1.82, 2.24) is 0 Å². The van der Waals surface area contributed by atoms with Crippen LogP contribution in [-0.4, -0.2) is 32.9 Å². The number of rotatable bonds is 9. The molecule has 4 heteroatoms. The van der Waals surface area contributed by atoms with Crippen molar-refractivity contribution in [3.8, 4) is 5.75 Å². The quantitative estimate of drug-likeness (QED) is 0.303. The zero-order valence-corrected chi connectivity index (χ0v) is 14.0. The fourth-order valence-electron chi connectivity index (χ4n) is 1.97. The summed E-state index contributed by atoms with van der Waals surface area (Å²) < 4.78 is 15.5. The summed E-state index contributed by atoms with van der Waals surface area (Å²) in [5.41, 5.74) is 2.81. The van der Waals surface area contributed by atoms with Crippen LogP contribution >= 0.6 is 0 Å². The molecular weight excluding hydrogens is 304 g/mol. The molecule has 4 nitrogen and oxygen atoms in total. The first-order valence-electron chi connectivity index (χ1n) is 7.77. The Bertz CT molecular complexity index is 657. The van der Waals surface area contributed by atoms with Crippen molar-refractivity contribution < 1.29 is 19.0 Å². The molecule has 0 aliphatic carbocycles. The molecule has 0 amide bonds. The molecule has 0 radical (unpaired) electrons. The number of hydrogen-bond acceptors (Lipinski definition) is 4. The smallest absolute Gasteiger partial charge is 0.189 e. The van der Waals surface area contributed by atoms with Gasteiger partial charge in [-0.25, -0.2) is 0 Å². The Balaban J connectivity index is 1.85. The molecule has 2 aromatic carbocycles. The van der Waals surface area contributed by atoms with Crippen LogP contribution in [0.5, 0.6) is 5.75 Å². The normalized spacial score (nSPS) is 10.9. The molecule has 0 fully saturated rings. The highest BCUT2D eigenvalue weighted by atomic mass is 16.7. The molecule has 0 saturated carbocycles. The van der Waals surface area contributed by atoms with E-state index >= 15 is 0 Å². The fraction of sp³-hybridized carbons (Fsp3) is 0.250. The maximum atomic E-state index is 12.2. The van der Waals surface area contributed by atoms with E-state index in [1.165, 1.54) is 5.56 Å². The SMILES string of the molecule is COCCOCOc1ccc(C(=O)/C=C/c2ccc(C)cc2)cc1. The highest BCUT2D eigenvalue weighted by molar-refractivity contribution is 6.06. The van der Waals surface area contributed by atoms with E-state index in [0.29, 0.717) is 24.5 Å². The highest BCUT2D eigenvalue weighted by Crippen LogP contribution is 2.14. The van der Waals surface area contributed by atoms with Crippen LogP contribution in [0.2, 0.25) is 0 Å². The van der Waals surface area contributed by atoms with Gasteiger partial charge in [0.2, 0.25) is 0 Å². The zero-order chi connectivity index (χ0) is 17.2. The summed E-state index contributed by atoms with van der Waals surface area (Å²) in [6.07, 6.45) is 3.39. The Kier molecular flexibility index (Phi) is 7.21. The fourth-order valence-corrected chi connectivity index (χ4v) is 1.97. The van der Waals surface area contributed by atoms with E-state index in [1.807, 2.05) is 37.3 Å². The monoisotopic (exact) mass is 326 g/mol. The molecule has 0 bridgehead atoms. The number of ketones is 1. The molecular formula is C20H22O4. The van der Waals surface area contributed by atoms with Crippen LogP contribution in [0.3, 0.4) is 0 Å². The summed E-state index contributed by atoms with van der Waals surface area (Å²) in [6.45, 7) is 3.20. The first-order valence-corrected chi connectivity index (χ1v) is 7.77. The van der Waals surface area contributed by atoms with E-state index < -0.39 is 0 Å². The lowest BCUT2D eigenvalue weighted by Crippen LogP contribution is -2.07. The molecule has 126 valence electrons. The van der Waals surface area contributed by atoms with E-state index in [1.54, 1.807) is 37.5 Å². The van der Waals surface area contributed by atoms with Gasteiger partial charge >= 0.3 is 0 Å². The van der Waals surface area contributed by atoms with E-state index in [4.69, 9.17) is 14.2 Å². The average molecular weight is 326 g/mol. The molecule has 0 aliphatic heterocycles. The molecule has 0 atom stereocenters. The van der Waals surface area contributed by atoms with Crippen LogP contribution < -0.4 is 4.74 Å². The predicted octanol–water partition coefficient (Wildman–Crippen LogP) is 3.89. The van der Waals surface area contributed by atoms with Crippen molar-refractivity contribution in [2.75, 3.05) is 27.1 Å². The first kappa shape index (κ1) is 17.9. The van der Waals surface area contributed by atoms with Crippen molar-refractivity contribution in [2.45, 2.75) is 6.92 Å². The van der Waals surface area contributed by atoms with Crippen LogP contribution in [0, 0.1) is 6.92 Å². The third-order valence-corrected chi connectivity index (χ3v) is 3.38. The van der Waals surface area contributed by atoms with E-state index in [9.17, 15) is 4.79 Å². The summed E-state index contributed by atoms with van der Waals surface area (Å²) in [5.74, 6) is 0.616. The number of methoxy groups -OCH3 is 1. The highest BCUT2D eigenvalue weighted by Gasteiger charge is 2.02. The topological polar surface area (TPSA) is 44.8 Å². The molecule has 2 aromatic rings. The predicted molar refractivity (Wildman–Crippen MR) is 94.3 cm³/mol. The number of carbonyl (C=O) groups is 1. The Morgan fingerprint density at radius 1 is 1.00 bits per heavy atom. The number of benzene rings is 2. The van der Waals surface area contributed by atoms with Gasteiger partial charge in [0.25, 0.3) is 0 Å². The number of ether oxygens (including phenoxy) is 3. The van der Waals surface area contributed by atoms with Gasteiger partial charge in [-0.3, -0.25) is 4.79 Å². The Hall–Kier alpha value is -2.43. The van der Waals surface area contributed by atoms with Crippen molar-refractivity contribution >= 4 is 11.9 Å². The molecule has 0 heterocycles. The van der Waals surface area contributed by atoms with Crippen LogP contribution in [0.15, 0.2) is 54.6 Å². The third kappa shape index (κ3) is 5.99. The van der Waals surface area contributed by atoms with Crippen LogP contribution in [0.4, 0.5) is 0 Å². The lowest BCUT2D eigenvalue weighted by Gasteiger charge is -2.07. The molecule has 0 N–H and O–H groups in total. The standard InChI is InChI=1S/C20H22O4/c1-16-3-5-17(6-4-16)7-12-20(21)18-8-10-19(11-9-18)24-15-23-14-13-22-2/h3-12H,13-15H2,1-2H3/b12-7+. The van der Waals surface area contributed by atoms with Gasteiger partial charge in [-0.05, 0) is 42.8 Å². The maximum absolute atomic E-state index is 12.2. The first-order chi connectivity index (χ1) is 11.7. The van der Waals surface area contributed by atoms with Crippen molar-refractivity contribution in [2.24, 2.45) is 0 Å². The second-order valence-electron chi connectivity index (χ2n) is 5.30. The molecule has 0 unspecified atom stereocenters. The van der Waals surface area contributed by atoms with E-state index in [-0.39, 0.29) is 12.6 Å². The van der Waals surface area contributed by atoms with Gasteiger partial charge < -0.3 is 14.2 Å². The molecule has 0 aliphatic rings. The number of hydrogen-bond donors (Lipinski definition) is 0. The molecule has 0 saturated heterocycles. The Morgan fingerprint density at radius 2 is 1.71 bits per heavy atom. The van der Waals surface area contributed by atoms with Crippen molar-refractivity contribution in [3.05, 3.63) is 71.3 Å². The van der Waals surface area contributed by atoms with Gasteiger partial charge in [0.15, 0.2) is 12.6 Å². The zero-order valence-electron chi connectivity index (χ0n) is 14.0. The summed E-state index contributed by atoms with van der Waals surface area (Å²) in [5, 5.41) is 0. The summed E-state index contributed by atoms with van der Waals surface area (Å²) in [7, 11) is 1.62. The third-order valence-electron chi connectivity index (χ3n) is 3.38. The van der Waals surface area contributed by atoms with Gasteiger partial charge in [0.1, 0.15) is 5.75 Å². The lowest BCUT2D eigenvalue weighted by molar-refractivity contribution is -0.00847. The van der Waals surface area contributed by atoms with E-state index in [0.717, 1.165) is 5.56 Å². The van der Waals surface area contributed by atoms with Gasteiger partial charge in [-0.2, -0.15) is 0 Å². The maximum Gasteiger partial charge on any atom is 0.189 e. The summed E-state index contributed by atoms with van der Waals surface area (Å²) in [4.78, 5) is 12.2. The van der Waals surface area contributed by atoms with E-state index in [2.05, 4.69) is 0 Å². The molecule has 2 rings (SSSR count). The summed E-state index contributed by atoms with van der Waals surface area (Å²) in [6, 6.07) is 15.0. The van der Waals surface area contributed by atoms with Crippen LogP contribution in [-0.2, 0) is 9.47 Å². The largest absolute Gasteiger partial charge is 0.468 e. The Labute approximate surface area is 142 Å². The van der Waals surface area contributed by atoms with Crippen LogP contribution in [0.25, 0.3) is 6.08 Å². The molecule has 24 heavy (non-hydrogen) atoms. The van der Waals surface area contributed by atoms with Gasteiger partial charge in [-0.15, -0.1) is 0 Å².